The van der Waals surface area contributed by atoms with Crippen molar-refractivity contribution in [3.05, 3.63) is 82.4 Å². The Morgan fingerprint density at radius 2 is 1.69 bits per heavy atom. The summed E-state index contributed by atoms with van der Waals surface area (Å²) in [7, 11) is -4.11. The van der Waals surface area contributed by atoms with Crippen LogP contribution in [-0.2, 0) is 16.4 Å². The summed E-state index contributed by atoms with van der Waals surface area (Å²) in [5.41, 5.74) is 2.57. The first-order chi connectivity index (χ1) is 13.9. The Kier molecular flexibility index (Phi) is 4.59. The van der Waals surface area contributed by atoms with E-state index in [0.29, 0.717) is 17.9 Å². The minimum absolute atomic E-state index is 0.307. The molecule has 0 amide bonds. The lowest BCUT2D eigenvalue weighted by atomic mass is 10.2. The monoisotopic (exact) mass is 411 g/mol. The third-order valence-electron chi connectivity index (χ3n) is 4.78. The molecule has 3 aromatic carbocycles. The number of hydrogen-bond donors (Lipinski definition) is 2. The van der Waals surface area contributed by atoms with Crippen molar-refractivity contribution in [2.24, 2.45) is 0 Å². The maximum absolute atomic E-state index is 12.9. The van der Waals surface area contributed by atoms with Crippen molar-refractivity contribution >= 4 is 32.8 Å². The zero-order chi connectivity index (χ0) is 20.6. The normalized spacial score (nSPS) is 13.2. The highest BCUT2D eigenvalue weighted by Crippen LogP contribution is 2.39. The van der Waals surface area contributed by atoms with Crippen LogP contribution in [0.1, 0.15) is 5.56 Å². The average Bonchev–Trinajstić information content (AvgIpc) is 3.12. The number of rotatable bonds is 5. The lowest BCUT2D eigenvalue weighted by Crippen LogP contribution is -2.18. The van der Waals surface area contributed by atoms with Crippen LogP contribution >= 0.6 is 0 Å². The van der Waals surface area contributed by atoms with E-state index in [1.165, 1.54) is 5.56 Å². The molecule has 0 bridgehead atoms. The number of nitro groups is 1. The summed E-state index contributed by atoms with van der Waals surface area (Å²) in [6.45, 7) is 0.711. The van der Waals surface area contributed by atoms with Crippen LogP contribution < -0.4 is 9.62 Å². The Balaban J connectivity index is 1.71. The molecule has 0 unspecified atom stereocenters. The summed E-state index contributed by atoms with van der Waals surface area (Å²) in [4.78, 5) is 11.9. The quantitative estimate of drug-likeness (QED) is 0.488. The molecule has 1 heterocycles. The van der Waals surface area contributed by atoms with Gasteiger partial charge in [0, 0.05) is 18.3 Å². The molecule has 1 aliphatic heterocycles. The Bertz CT molecular complexity index is 1210. The zero-order valence-electron chi connectivity index (χ0n) is 15.1. The number of aromatic hydroxyl groups is 1. The third-order valence-corrected chi connectivity index (χ3v) is 6.14. The van der Waals surface area contributed by atoms with E-state index in [0.717, 1.165) is 30.3 Å². The van der Waals surface area contributed by atoms with Crippen molar-refractivity contribution in [2.75, 3.05) is 16.2 Å². The van der Waals surface area contributed by atoms with E-state index in [9.17, 15) is 23.6 Å². The summed E-state index contributed by atoms with van der Waals surface area (Å²) >= 11 is 0. The summed E-state index contributed by atoms with van der Waals surface area (Å²) < 4.78 is 28.3. The van der Waals surface area contributed by atoms with Gasteiger partial charge in [-0.1, -0.05) is 30.3 Å². The fourth-order valence-electron chi connectivity index (χ4n) is 3.40. The highest BCUT2D eigenvalue weighted by molar-refractivity contribution is 7.92. The number of hydrogen-bond acceptors (Lipinski definition) is 6. The first-order valence-corrected chi connectivity index (χ1v) is 10.3. The Morgan fingerprint density at radius 1 is 1.00 bits per heavy atom. The number of para-hydroxylation sites is 3. The van der Waals surface area contributed by atoms with E-state index in [1.54, 1.807) is 12.1 Å². The van der Waals surface area contributed by atoms with Crippen LogP contribution in [0.2, 0.25) is 0 Å². The molecule has 0 aliphatic carbocycles. The van der Waals surface area contributed by atoms with Crippen LogP contribution in [0.3, 0.4) is 0 Å². The van der Waals surface area contributed by atoms with Gasteiger partial charge in [-0.25, -0.2) is 8.42 Å². The first kappa shape index (κ1) is 18.8. The van der Waals surface area contributed by atoms with E-state index >= 15 is 0 Å². The van der Waals surface area contributed by atoms with Gasteiger partial charge in [0.25, 0.3) is 10.0 Å². The molecule has 0 radical (unpaired) electrons. The van der Waals surface area contributed by atoms with Gasteiger partial charge in [-0.15, -0.1) is 0 Å². The standard InChI is InChI=1S/C20H17N3O5S/c24-20-10-9-15(13-19(20)23(25)26)29(27,28)21-16-6-2-4-8-18(16)22-12-11-14-5-1-3-7-17(14)22/h1-10,13,21,24H,11-12H2. The van der Waals surface area contributed by atoms with Gasteiger partial charge in [0.1, 0.15) is 0 Å². The van der Waals surface area contributed by atoms with E-state index in [1.807, 2.05) is 41.3 Å². The number of anilines is 3. The number of phenolic OH excluding ortho intramolecular Hbond substituents is 1. The SMILES string of the molecule is O=[N+]([O-])c1cc(S(=O)(=O)Nc2ccccc2N2CCc3ccccc32)ccc1O. The van der Waals surface area contributed by atoms with Crippen molar-refractivity contribution in [3.8, 4) is 5.75 Å². The molecule has 9 heteroatoms. The van der Waals surface area contributed by atoms with Gasteiger partial charge in [0.2, 0.25) is 0 Å². The van der Waals surface area contributed by atoms with Crippen molar-refractivity contribution in [2.45, 2.75) is 11.3 Å². The molecular formula is C20H17N3O5S. The van der Waals surface area contributed by atoms with Crippen molar-refractivity contribution < 1.29 is 18.4 Å². The van der Waals surface area contributed by atoms with Gasteiger partial charge in [-0.05, 0) is 42.3 Å². The predicted octanol–water partition coefficient (Wildman–Crippen LogP) is 3.80. The minimum atomic E-state index is -4.11. The smallest absolute Gasteiger partial charge is 0.312 e. The number of nitro benzene ring substituents is 1. The Labute approximate surface area is 167 Å². The van der Waals surface area contributed by atoms with Gasteiger partial charge >= 0.3 is 5.69 Å². The van der Waals surface area contributed by atoms with Gasteiger partial charge in [0.05, 0.1) is 21.2 Å². The molecule has 0 aromatic heterocycles. The highest BCUT2D eigenvalue weighted by Gasteiger charge is 2.25. The van der Waals surface area contributed by atoms with Crippen LogP contribution in [-0.4, -0.2) is 25.0 Å². The summed E-state index contributed by atoms with van der Waals surface area (Å²) in [5, 5.41) is 20.6. The molecule has 8 nitrogen and oxygen atoms in total. The second kappa shape index (κ2) is 7.10. The van der Waals surface area contributed by atoms with E-state index < -0.39 is 26.4 Å². The second-order valence-corrected chi connectivity index (χ2v) is 8.24. The maximum Gasteiger partial charge on any atom is 0.312 e. The number of nitrogens with zero attached hydrogens (tertiary/aromatic N) is 2. The fourth-order valence-corrected chi connectivity index (χ4v) is 4.50. The molecule has 3 aromatic rings. The second-order valence-electron chi connectivity index (χ2n) is 6.56. The summed E-state index contributed by atoms with van der Waals surface area (Å²) in [6, 6.07) is 17.9. The van der Waals surface area contributed by atoms with E-state index in [2.05, 4.69) is 4.72 Å². The van der Waals surface area contributed by atoms with Gasteiger partial charge in [-0.3, -0.25) is 14.8 Å². The molecule has 148 valence electrons. The number of benzene rings is 3. The molecule has 2 N–H and O–H groups in total. The zero-order valence-corrected chi connectivity index (χ0v) is 16.0. The molecule has 29 heavy (non-hydrogen) atoms. The lowest BCUT2D eigenvalue weighted by molar-refractivity contribution is -0.386. The topological polar surface area (TPSA) is 113 Å². The summed E-state index contributed by atoms with van der Waals surface area (Å²) in [6.07, 6.45) is 0.849. The van der Waals surface area contributed by atoms with Crippen LogP contribution in [0.5, 0.6) is 5.75 Å². The fraction of sp³-hybridized carbons (Fsp3) is 0.100. The number of sulfonamides is 1. The van der Waals surface area contributed by atoms with Crippen LogP contribution in [0.15, 0.2) is 71.6 Å². The molecule has 0 saturated heterocycles. The highest BCUT2D eigenvalue weighted by atomic mass is 32.2. The largest absolute Gasteiger partial charge is 0.502 e. The third kappa shape index (κ3) is 3.47. The molecule has 0 atom stereocenters. The molecule has 0 spiro atoms. The van der Waals surface area contributed by atoms with Gasteiger partial charge in [0.15, 0.2) is 5.75 Å². The maximum atomic E-state index is 12.9. The van der Waals surface area contributed by atoms with Crippen molar-refractivity contribution in [1.29, 1.82) is 0 Å². The van der Waals surface area contributed by atoms with Crippen molar-refractivity contribution in [1.82, 2.24) is 0 Å². The lowest BCUT2D eigenvalue weighted by Gasteiger charge is -2.23. The molecular weight excluding hydrogens is 394 g/mol. The van der Waals surface area contributed by atoms with E-state index in [4.69, 9.17) is 0 Å². The van der Waals surface area contributed by atoms with E-state index in [-0.39, 0.29) is 4.90 Å². The van der Waals surface area contributed by atoms with Crippen molar-refractivity contribution in [3.63, 3.8) is 0 Å². The number of fused-ring (bicyclic) bond motifs is 1. The van der Waals surface area contributed by atoms with Crippen LogP contribution in [0.25, 0.3) is 0 Å². The Morgan fingerprint density at radius 3 is 2.45 bits per heavy atom. The average molecular weight is 411 g/mol. The van der Waals surface area contributed by atoms with Gasteiger partial charge in [-0.2, -0.15) is 0 Å². The Hall–Kier alpha value is -3.59. The number of nitrogens with one attached hydrogen (secondary N) is 1. The molecule has 0 fully saturated rings. The summed E-state index contributed by atoms with van der Waals surface area (Å²) in [5.74, 6) is -0.594. The first-order valence-electron chi connectivity index (χ1n) is 8.81. The van der Waals surface area contributed by atoms with Crippen LogP contribution in [0, 0.1) is 10.1 Å². The molecule has 0 saturated carbocycles. The minimum Gasteiger partial charge on any atom is -0.502 e. The molecule has 1 aliphatic rings. The molecule has 4 rings (SSSR count). The van der Waals surface area contributed by atoms with Crippen LogP contribution in [0.4, 0.5) is 22.7 Å². The predicted molar refractivity (Wildman–Crippen MR) is 109 cm³/mol. The van der Waals surface area contributed by atoms with Gasteiger partial charge < -0.3 is 10.0 Å². The number of phenols is 1.